The number of hydrogen-bond donors (Lipinski definition) is 2. The van der Waals surface area contributed by atoms with E-state index in [1.54, 1.807) is 18.3 Å². The van der Waals surface area contributed by atoms with E-state index in [-0.39, 0.29) is 17.6 Å². The van der Waals surface area contributed by atoms with Gasteiger partial charge < -0.3 is 19.9 Å². The molecule has 2 N–H and O–H groups in total. The fourth-order valence-corrected chi connectivity index (χ4v) is 3.22. The van der Waals surface area contributed by atoms with E-state index in [1.165, 1.54) is 12.1 Å². The van der Waals surface area contributed by atoms with Crippen LogP contribution in [0.3, 0.4) is 0 Å². The van der Waals surface area contributed by atoms with Gasteiger partial charge in [0.25, 0.3) is 5.69 Å². The summed E-state index contributed by atoms with van der Waals surface area (Å²) in [5.74, 6) is 0.940. The number of rotatable bonds is 8. The summed E-state index contributed by atoms with van der Waals surface area (Å²) >= 11 is 0. The van der Waals surface area contributed by atoms with Gasteiger partial charge in [-0.15, -0.1) is 0 Å². The number of non-ortho nitro benzene ring substituents is 1. The highest BCUT2D eigenvalue weighted by Gasteiger charge is 2.17. The van der Waals surface area contributed by atoms with Gasteiger partial charge in [-0.3, -0.25) is 10.1 Å². The Morgan fingerprint density at radius 1 is 1.09 bits per heavy atom. The van der Waals surface area contributed by atoms with Crippen LogP contribution in [0.5, 0.6) is 0 Å². The average Bonchev–Trinajstić information content (AvgIpc) is 2.85. The molecule has 3 aromatic rings. The lowest BCUT2D eigenvalue weighted by Gasteiger charge is -2.27. The van der Waals surface area contributed by atoms with Crippen molar-refractivity contribution in [2.75, 3.05) is 60.9 Å². The number of nitro benzene ring substituents is 1. The minimum atomic E-state index is -0.454. The highest BCUT2D eigenvalue weighted by molar-refractivity contribution is 5.80. The minimum absolute atomic E-state index is 0.0318. The number of hydrogen-bond acceptors (Lipinski definition) is 11. The zero-order chi connectivity index (χ0) is 23.9. The van der Waals surface area contributed by atoms with Crippen LogP contribution < -0.4 is 20.5 Å². The first-order valence-electron chi connectivity index (χ1n) is 10.6. The highest BCUT2D eigenvalue weighted by atomic mass is 16.6. The van der Waals surface area contributed by atoms with Crippen molar-refractivity contribution in [1.82, 2.24) is 15.0 Å². The third kappa shape index (κ3) is 5.92. The second-order valence-electron chi connectivity index (χ2n) is 7.67. The maximum atomic E-state index is 11.1. The molecule has 0 bridgehead atoms. The monoisotopic (exact) mass is 463 g/mol. The van der Waals surface area contributed by atoms with Gasteiger partial charge in [-0.2, -0.15) is 20.1 Å². The van der Waals surface area contributed by atoms with Gasteiger partial charge in [0.15, 0.2) is 0 Å². The van der Waals surface area contributed by atoms with Crippen LogP contribution in [0.2, 0.25) is 0 Å². The molecule has 4 rings (SSSR count). The number of nitrogens with one attached hydrogen (secondary N) is 2. The number of hydrazone groups is 1. The standard InChI is InChI=1S/C22H25N9O3/c1-29(2)18-8-6-16(7-9-18)15-23-28-21-25-20(24-17-4-3-5-19(14-17)31(32)33)26-22(27-21)30-10-12-34-13-11-30/h3-9,14-15H,10-13H2,1-2H3,(H2,24,25,26,27,28). The molecule has 0 amide bonds. The van der Waals surface area contributed by atoms with Gasteiger partial charge >= 0.3 is 0 Å². The third-order valence-electron chi connectivity index (χ3n) is 5.02. The van der Waals surface area contributed by atoms with Crippen molar-refractivity contribution in [1.29, 1.82) is 0 Å². The van der Waals surface area contributed by atoms with Crippen molar-refractivity contribution in [2.45, 2.75) is 0 Å². The zero-order valence-electron chi connectivity index (χ0n) is 18.9. The number of ether oxygens (including phenoxy) is 1. The molecule has 0 radical (unpaired) electrons. The normalized spacial score (nSPS) is 13.6. The van der Waals surface area contributed by atoms with E-state index in [2.05, 4.69) is 30.8 Å². The van der Waals surface area contributed by atoms with Crippen LogP contribution in [-0.4, -0.2) is 66.5 Å². The van der Waals surface area contributed by atoms with Crippen LogP contribution in [-0.2, 0) is 4.74 Å². The van der Waals surface area contributed by atoms with Gasteiger partial charge in [0, 0.05) is 50.7 Å². The number of anilines is 5. The first kappa shape index (κ1) is 22.9. The van der Waals surface area contributed by atoms with Gasteiger partial charge in [-0.1, -0.05) is 18.2 Å². The number of morpholine rings is 1. The summed E-state index contributed by atoms with van der Waals surface area (Å²) in [6.07, 6.45) is 1.67. The molecule has 1 saturated heterocycles. The van der Waals surface area contributed by atoms with Gasteiger partial charge in [0.05, 0.1) is 24.4 Å². The molecule has 12 heteroatoms. The van der Waals surface area contributed by atoms with E-state index in [0.29, 0.717) is 37.9 Å². The largest absolute Gasteiger partial charge is 0.378 e. The Bertz CT molecular complexity index is 1160. The quantitative estimate of drug-likeness (QED) is 0.292. The summed E-state index contributed by atoms with van der Waals surface area (Å²) in [7, 11) is 3.97. The summed E-state index contributed by atoms with van der Waals surface area (Å²) in [6, 6.07) is 14.1. The summed E-state index contributed by atoms with van der Waals surface area (Å²) in [6.45, 7) is 2.43. The molecule has 0 unspecified atom stereocenters. The molecular formula is C22H25N9O3. The van der Waals surface area contributed by atoms with E-state index in [4.69, 9.17) is 4.74 Å². The third-order valence-corrected chi connectivity index (χ3v) is 5.02. The van der Waals surface area contributed by atoms with Crippen molar-refractivity contribution >= 4 is 41.1 Å². The van der Waals surface area contributed by atoms with Crippen molar-refractivity contribution in [3.8, 4) is 0 Å². The Balaban J connectivity index is 1.55. The second kappa shape index (κ2) is 10.5. The van der Waals surface area contributed by atoms with Gasteiger partial charge in [-0.25, -0.2) is 5.43 Å². The number of aromatic nitrogens is 3. The highest BCUT2D eigenvalue weighted by Crippen LogP contribution is 2.22. The lowest BCUT2D eigenvalue weighted by Crippen LogP contribution is -2.37. The molecule has 0 spiro atoms. The van der Waals surface area contributed by atoms with Crippen molar-refractivity contribution in [3.63, 3.8) is 0 Å². The molecule has 1 aromatic heterocycles. The number of benzene rings is 2. The van der Waals surface area contributed by atoms with Crippen LogP contribution in [0.4, 0.5) is 34.9 Å². The van der Waals surface area contributed by atoms with E-state index < -0.39 is 4.92 Å². The van der Waals surface area contributed by atoms with Crippen LogP contribution in [0, 0.1) is 10.1 Å². The van der Waals surface area contributed by atoms with Gasteiger partial charge in [0.2, 0.25) is 17.8 Å². The maximum Gasteiger partial charge on any atom is 0.271 e. The summed E-state index contributed by atoms with van der Waals surface area (Å²) in [5.41, 5.74) is 5.32. The minimum Gasteiger partial charge on any atom is -0.378 e. The van der Waals surface area contributed by atoms with Gasteiger partial charge in [0.1, 0.15) is 0 Å². The van der Waals surface area contributed by atoms with Crippen LogP contribution in [0.1, 0.15) is 5.56 Å². The molecule has 176 valence electrons. The fraction of sp³-hybridized carbons (Fsp3) is 0.273. The zero-order valence-corrected chi connectivity index (χ0v) is 18.9. The van der Waals surface area contributed by atoms with E-state index >= 15 is 0 Å². The lowest BCUT2D eigenvalue weighted by molar-refractivity contribution is -0.384. The Hall–Kier alpha value is -4.32. The molecule has 34 heavy (non-hydrogen) atoms. The predicted molar refractivity (Wildman–Crippen MR) is 131 cm³/mol. The SMILES string of the molecule is CN(C)c1ccc(C=NNc2nc(Nc3cccc([N+](=O)[O-])c3)nc(N3CCOCC3)n2)cc1. The Morgan fingerprint density at radius 3 is 2.53 bits per heavy atom. The number of nitro groups is 1. The fourth-order valence-electron chi connectivity index (χ4n) is 3.22. The molecule has 1 fully saturated rings. The molecule has 0 aliphatic carbocycles. The summed E-state index contributed by atoms with van der Waals surface area (Å²) in [5, 5.41) is 18.4. The molecule has 0 atom stereocenters. The molecule has 1 aliphatic heterocycles. The van der Waals surface area contributed by atoms with Crippen LogP contribution in [0.15, 0.2) is 53.6 Å². The van der Waals surface area contributed by atoms with E-state index in [9.17, 15) is 10.1 Å². The molecule has 2 aromatic carbocycles. The average molecular weight is 464 g/mol. The van der Waals surface area contributed by atoms with Crippen molar-refractivity contribution in [2.24, 2.45) is 5.10 Å². The first-order valence-corrected chi connectivity index (χ1v) is 10.6. The lowest BCUT2D eigenvalue weighted by atomic mass is 10.2. The van der Waals surface area contributed by atoms with E-state index in [1.807, 2.05) is 48.2 Å². The molecule has 0 saturated carbocycles. The number of nitrogens with zero attached hydrogens (tertiary/aromatic N) is 7. The summed E-state index contributed by atoms with van der Waals surface area (Å²) in [4.78, 5) is 28.0. The molecule has 1 aliphatic rings. The Kier molecular flexibility index (Phi) is 7.08. The molecular weight excluding hydrogens is 438 g/mol. The van der Waals surface area contributed by atoms with Crippen LogP contribution in [0.25, 0.3) is 0 Å². The van der Waals surface area contributed by atoms with E-state index in [0.717, 1.165) is 11.3 Å². The Labute approximate surface area is 196 Å². The second-order valence-corrected chi connectivity index (χ2v) is 7.67. The summed E-state index contributed by atoms with van der Waals surface area (Å²) < 4.78 is 5.42. The molecule has 2 heterocycles. The van der Waals surface area contributed by atoms with Crippen LogP contribution >= 0.6 is 0 Å². The topological polar surface area (TPSA) is 134 Å². The van der Waals surface area contributed by atoms with Crippen molar-refractivity contribution in [3.05, 3.63) is 64.2 Å². The predicted octanol–water partition coefficient (Wildman–Crippen LogP) is 2.87. The van der Waals surface area contributed by atoms with Crippen molar-refractivity contribution < 1.29 is 9.66 Å². The Morgan fingerprint density at radius 2 is 1.82 bits per heavy atom. The first-order chi connectivity index (χ1) is 16.5. The smallest absolute Gasteiger partial charge is 0.271 e. The van der Waals surface area contributed by atoms with Gasteiger partial charge in [-0.05, 0) is 23.8 Å². The molecule has 12 nitrogen and oxygen atoms in total. The maximum absolute atomic E-state index is 11.1.